The molecule has 1 aliphatic carbocycles. The Bertz CT molecular complexity index is 141. The van der Waals surface area contributed by atoms with Gasteiger partial charge in [0.1, 0.15) is 0 Å². The number of hydrogen-bond donors (Lipinski definition) is 0. The number of rotatable bonds is 1. The summed E-state index contributed by atoms with van der Waals surface area (Å²) in [4.78, 5) is 2.72. The average Bonchev–Trinajstić information content (AvgIpc) is 2.01. The molecule has 1 heteroatoms. The SMILES string of the molecule is CC1CCN(C2CC(C)C2)CC1. The van der Waals surface area contributed by atoms with Crippen LogP contribution in [0.1, 0.15) is 39.5 Å². The maximum absolute atomic E-state index is 2.72. The molecule has 0 radical (unpaired) electrons. The third-order valence-electron chi connectivity index (χ3n) is 3.68. The van der Waals surface area contributed by atoms with Crippen molar-refractivity contribution in [1.82, 2.24) is 4.90 Å². The zero-order valence-corrected chi connectivity index (χ0v) is 8.42. The zero-order chi connectivity index (χ0) is 8.55. The maximum Gasteiger partial charge on any atom is 0.0100 e. The molecule has 70 valence electrons. The molecular formula is C11H21N. The average molecular weight is 167 g/mol. The van der Waals surface area contributed by atoms with E-state index in [2.05, 4.69) is 18.7 Å². The van der Waals surface area contributed by atoms with Crippen molar-refractivity contribution in [1.29, 1.82) is 0 Å². The summed E-state index contributed by atoms with van der Waals surface area (Å²) in [6, 6.07) is 0.965. The van der Waals surface area contributed by atoms with Crippen LogP contribution in [-0.2, 0) is 0 Å². The Kier molecular flexibility index (Phi) is 2.40. The summed E-state index contributed by atoms with van der Waals surface area (Å²) in [7, 11) is 0. The Labute approximate surface area is 76.1 Å². The molecule has 2 rings (SSSR count). The lowest BCUT2D eigenvalue weighted by molar-refractivity contribution is 0.0571. The normalized spacial score (nSPS) is 39.5. The Balaban J connectivity index is 1.75. The summed E-state index contributed by atoms with van der Waals surface area (Å²) < 4.78 is 0. The van der Waals surface area contributed by atoms with Gasteiger partial charge < -0.3 is 4.90 Å². The van der Waals surface area contributed by atoms with Gasteiger partial charge in [0, 0.05) is 6.04 Å². The number of hydrogen-bond acceptors (Lipinski definition) is 1. The van der Waals surface area contributed by atoms with Crippen LogP contribution in [0.25, 0.3) is 0 Å². The predicted octanol–water partition coefficient (Wildman–Crippen LogP) is 2.52. The van der Waals surface area contributed by atoms with Crippen LogP contribution in [0.5, 0.6) is 0 Å². The summed E-state index contributed by atoms with van der Waals surface area (Å²) in [6.45, 7) is 7.51. The van der Waals surface area contributed by atoms with Crippen molar-refractivity contribution >= 4 is 0 Å². The fraction of sp³-hybridized carbons (Fsp3) is 1.00. The zero-order valence-electron chi connectivity index (χ0n) is 8.42. The molecule has 2 fully saturated rings. The van der Waals surface area contributed by atoms with Crippen LogP contribution in [-0.4, -0.2) is 24.0 Å². The van der Waals surface area contributed by atoms with E-state index >= 15 is 0 Å². The van der Waals surface area contributed by atoms with Crippen LogP contribution in [0.2, 0.25) is 0 Å². The second-order valence-electron chi connectivity index (χ2n) is 4.95. The highest BCUT2D eigenvalue weighted by Crippen LogP contribution is 2.33. The first-order valence-electron chi connectivity index (χ1n) is 5.49. The summed E-state index contributed by atoms with van der Waals surface area (Å²) in [6.07, 6.45) is 5.80. The molecule has 0 aromatic rings. The van der Waals surface area contributed by atoms with Gasteiger partial charge in [-0.3, -0.25) is 0 Å². The minimum Gasteiger partial charge on any atom is -0.300 e. The van der Waals surface area contributed by atoms with Crippen LogP contribution < -0.4 is 0 Å². The minimum atomic E-state index is 0.965. The fourth-order valence-corrected chi connectivity index (χ4v) is 2.55. The van der Waals surface area contributed by atoms with Crippen LogP contribution in [0.4, 0.5) is 0 Å². The molecule has 1 aliphatic heterocycles. The van der Waals surface area contributed by atoms with E-state index in [4.69, 9.17) is 0 Å². The van der Waals surface area contributed by atoms with Gasteiger partial charge in [0.15, 0.2) is 0 Å². The lowest BCUT2D eigenvalue weighted by atomic mass is 9.79. The Morgan fingerprint density at radius 1 is 0.917 bits per heavy atom. The van der Waals surface area contributed by atoms with Crippen molar-refractivity contribution < 1.29 is 0 Å². The molecule has 0 amide bonds. The molecule has 1 saturated carbocycles. The molecule has 0 atom stereocenters. The summed E-state index contributed by atoms with van der Waals surface area (Å²) in [5, 5.41) is 0. The molecular weight excluding hydrogens is 146 g/mol. The lowest BCUT2D eigenvalue weighted by Crippen LogP contribution is -2.47. The van der Waals surface area contributed by atoms with Crippen molar-refractivity contribution in [3.63, 3.8) is 0 Å². The van der Waals surface area contributed by atoms with Crippen molar-refractivity contribution in [3.05, 3.63) is 0 Å². The molecule has 0 unspecified atom stereocenters. The van der Waals surface area contributed by atoms with Gasteiger partial charge in [-0.1, -0.05) is 13.8 Å². The first kappa shape index (κ1) is 8.55. The van der Waals surface area contributed by atoms with Gasteiger partial charge >= 0.3 is 0 Å². The fourth-order valence-electron chi connectivity index (χ4n) is 2.55. The quantitative estimate of drug-likeness (QED) is 0.580. The van der Waals surface area contributed by atoms with E-state index < -0.39 is 0 Å². The number of nitrogens with zero attached hydrogens (tertiary/aromatic N) is 1. The first-order chi connectivity index (χ1) is 5.75. The van der Waals surface area contributed by atoms with Crippen LogP contribution in [0.15, 0.2) is 0 Å². The standard InChI is InChI=1S/C11H21N/c1-9-3-5-12(6-4-9)11-7-10(2)8-11/h9-11H,3-8H2,1-2H3. The number of piperidine rings is 1. The van der Waals surface area contributed by atoms with Gasteiger partial charge in [0.05, 0.1) is 0 Å². The van der Waals surface area contributed by atoms with E-state index in [1.807, 2.05) is 0 Å². The molecule has 0 aromatic heterocycles. The molecule has 0 bridgehead atoms. The topological polar surface area (TPSA) is 3.24 Å². The molecule has 0 aromatic carbocycles. The van der Waals surface area contributed by atoms with Gasteiger partial charge in [0.25, 0.3) is 0 Å². The highest BCUT2D eigenvalue weighted by molar-refractivity contribution is 4.86. The van der Waals surface area contributed by atoms with Gasteiger partial charge in [-0.15, -0.1) is 0 Å². The Morgan fingerprint density at radius 2 is 1.50 bits per heavy atom. The van der Waals surface area contributed by atoms with Gasteiger partial charge in [-0.2, -0.15) is 0 Å². The van der Waals surface area contributed by atoms with Crippen LogP contribution >= 0.6 is 0 Å². The molecule has 1 saturated heterocycles. The van der Waals surface area contributed by atoms with E-state index in [9.17, 15) is 0 Å². The molecule has 2 aliphatic rings. The third kappa shape index (κ3) is 1.66. The van der Waals surface area contributed by atoms with Crippen molar-refractivity contribution in [2.45, 2.75) is 45.6 Å². The largest absolute Gasteiger partial charge is 0.300 e. The Hall–Kier alpha value is -0.0400. The predicted molar refractivity (Wildman–Crippen MR) is 52.2 cm³/mol. The van der Waals surface area contributed by atoms with Gasteiger partial charge in [-0.25, -0.2) is 0 Å². The first-order valence-corrected chi connectivity index (χ1v) is 5.49. The maximum atomic E-state index is 2.72. The Morgan fingerprint density at radius 3 is 2.00 bits per heavy atom. The minimum absolute atomic E-state index is 0.965. The highest BCUT2D eigenvalue weighted by atomic mass is 15.2. The number of likely N-dealkylation sites (tertiary alicyclic amines) is 1. The summed E-state index contributed by atoms with van der Waals surface area (Å²) in [5.41, 5.74) is 0. The summed E-state index contributed by atoms with van der Waals surface area (Å²) in [5.74, 6) is 1.99. The monoisotopic (exact) mass is 167 g/mol. The van der Waals surface area contributed by atoms with E-state index in [-0.39, 0.29) is 0 Å². The van der Waals surface area contributed by atoms with Crippen molar-refractivity contribution in [2.24, 2.45) is 11.8 Å². The third-order valence-corrected chi connectivity index (χ3v) is 3.68. The second-order valence-corrected chi connectivity index (χ2v) is 4.95. The van der Waals surface area contributed by atoms with E-state index in [0.717, 1.165) is 17.9 Å². The highest BCUT2D eigenvalue weighted by Gasteiger charge is 2.31. The smallest absolute Gasteiger partial charge is 0.0100 e. The molecule has 1 heterocycles. The molecule has 0 spiro atoms. The van der Waals surface area contributed by atoms with Crippen LogP contribution in [0.3, 0.4) is 0 Å². The van der Waals surface area contributed by atoms with Crippen LogP contribution in [0, 0.1) is 11.8 Å². The molecule has 12 heavy (non-hydrogen) atoms. The van der Waals surface area contributed by atoms with Gasteiger partial charge in [-0.05, 0) is 50.6 Å². The van der Waals surface area contributed by atoms with E-state index in [1.165, 1.54) is 38.8 Å². The molecule has 1 nitrogen and oxygen atoms in total. The molecule has 0 N–H and O–H groups in total. The van der Waals surface area contributed by atoms with Crippen molar-refractivity contribution in [2.75, 3.05) is 13.1 Å². The second kappa shape index (κ2) is 3.37. The lowest BCUT2D eigenvalue weighted by Gasteiger charge is -2.44. The van der Waals surface area contributed by atoms with E-state index in [1.54, 1.807) is 0 Å². The summed E-state index contributed by atoms with van der Waals surface area (Å²) >= 11 is 0. The van der Waals surface area contributed by atoms with Crippen molar-refractivity contribution in [3.8, 4) is 0 Å². The van der Waals surface area contributed by atoms with Gasteiger partial charge in [0.2, 0.25) is 0 Å². The van der Waals surface area contributed by atoms with E-state index in [0.29, 0.717) is 0 Å².